The van der Waals surface area contributed by atoms with Crippen LogP contribution in [-0.2, 0) is 0 Å². The van der Waals surface area contributed by atoms with Crippen LogP contribution < -0.4 is 0 Å². The smallest absolute Gasteiger partial charge is 0.0780 e. The summed E-state index contributed by atoms with van der Waals surface area (Å²) >= 11 is 0. The van der Waals surface area contributed by atoms with Gasteiger partial charge in [0.15, 0.2) is 0 Å². The summed E-state index contributed by atoms with van der Waals surface area (Å²) in [6.45, 7) is 5.01. The van der Waals surface area contributed by atoms with Gasteiger partial charge in [-0.1, -0.05) is 39.3 Å². The number of hydrogen-bond acceptors (Lipinski definition) is 0. The molecule has 2 saturated carbocycles. The average Bonchev–Trinajstić information content (AvgIpc) is 2.77. The normalized spacial score (nSPS) is 49.5. The first-order valence-corrected chi connectivity index (χ1v) is 7.12. The monoisotopic (exact) mass is 204 g/mol. The lowest BCUT2D eigenvalue weighted by Crippen LogP contribution is -2.32. The molecule has 15 heavy (non-hydrogen) atoms. The summed E-state index contributed by atoms with van der Waals surface area (Å²) in [7, 11) is 4.82. The maximum absolute atomic E-state index is 2.57. The lowest BCUT2D eigenvalue weighted by atomic mass is 9.61. The van der Waals surface area contributed by atoms with Crippen LogP contribution >= 0.6 is 0 Å². The molecule has 0 N–H and O–H groups in total. The first kappa shape index (κ1) is 11.6. The highest BCUT2D eigenvalue weighted by Gasteiger charge is 2.57. The largest absolute Gasteiger partial charge is 0.102 e. The van der Waals surface area contributed by atoms with Crippen LogP contribution in [0.2, 0.25) is 12.6 Å². The van der Waals surface area contributed by atoms with Gasteiger partial charge in [0, 0.05) is 0 Å². The molecule has 0 radical (unpaired) electrons. The van der Waals surface area contributed by atoms with Crippen LogP contribution in [-0.4, -0.2) is 15.7 Å². The lowest BCUT2D eigenvalue weighted by molar-refractivity contribution is 0.122. The van der Waals surface area contributed by atoms with Gasteiger partial charge in [0.2, 0.25) is 0 Å². The second kappa shape index (κ2) is 3.86. The molecule has 0 aromatic carbocycles. The summed E-state index contributed by atoms with van der Waals surface area (Å²) in [6.07, 6.45) is 10.3. The van der Waals surface area contributed by atoms with Crippen LogP contribution in [0.4, 0.5) is 0 Å². The summed E-state index contributed by atoms with van der Waals surface area (Å²) < 4.78 is 0. The Bertz CT molecular complexity index is 241. The van der Waals surface area contributed by atoms with Gasteiger partial charge in [0.05, 0.1) is 0 Å². The second-order valence-corrected chi connectivity index (χ2v) is 6.41. The van der Waals surface area contributed by atoms with Crippen molar-refractivity contribution in [2.75, 3.05) is 0 Å². The second-order valence-electron chi connectivity index (χ2n) is 6.41. The van der Waals surface area contributed by atoms with Crippen molar-refractivity contribution in [3.63, 3.8) is 0 Å². The molecule has 2 rings (SSSR count). The van der Waals surface area contributed by atoms with Gasteiger partial charge in [-0.2, -0.15) is 0 Å². The zero-order valence-electron chi connectivity index (χ0n) is 11.1. The van der Waals surface area contributed by atoms with Crippen molar-refractivity contribution in [1.82, 2.24) is 0 Å². The Labute approximate surface area is 97.4 Å². The topological polar surface area (TPSA) is 0 Å². The van der Waals surface area contributed by atoms with Gasteiger partial charge < -0.3 is 0 Å². The Kier molecular flexibility index (Phi) is 2.99. The molecule has 0 saturated heterocycles. The maximum atomic E-state index is 2.57. The van der Waals surface area contributed by atoms with Gasteiger partial charge in [-0.25, -0.2) is 0 Å². The summed E-state index contributed by atoms with van der Waals surface area (Å²) in [6, 6.07) is 0. The Morgan fingerprint density at radius 1 is 1.20 bits per heavy atom. The molecule has 84 valence electrons. The fraction of sp³-hybridized carbons (Fsp3) is 1.00. The van der Waals surface area contributed by atoms with Crippen molar-refractivity contribution >= 4 is 15.7 Å². The molecule has 4 atom stereocenters. The third kappa shape index (κ3) is 1.51. The molecule has 2 heteroatoms. The molecule has 3 unspecified atom stereocenters. The van der Waals surface area contributed by atoms with Gasteiger partial charge in [-0.05, 0) is 41.9 Å². The van der Waals surface area contributed by atoms with E-state index in [9.17, 15) is 0 Å². The maximum Gasteiger partial charge on any atom is 0.102 e. The van der Waals surface area contributed by atoms with Gasteiger partial charge in [-0.15, -0.1) is 0 Å². The van der Waals surface area contributed by atoms with Crippen molar-refractivity contribution in [2.24, 2.45) is 22.7 Å². The van der Waals surface area contributed by atoms with Crippen molar-refractivity contribution in [3.8, 4) is 0 Å². The van der Waals surface area contributed by atoms with E-state index >= 15 is 0 Å². The van der Waals surface area contributed by atoms with Gasteiger partial charge in [-0.3, -0.25) is 0 Å². The summed E-state index contributed by atoms with van der Waals surface area (Å²) in [5.41, 5.74) is 1.43. The van der Waals surface area contributed by atoms with E-state index in [1.54, 1.807) is 0 Å². The predicted octanol–water partition coefficient (Wildman–Crippen LogP) is 2.31. The molecule has 0 heterocycles. The van der Waals surface area contributed by atoms with E-state index in [1.807, 2.05) is 0 Å². The van der Waals surface area contributed by atoms with Crippen LogP contribution in [0, 0.1) is 22.7 Å². The zero-order valence-corrected chi connectivity index (χ0v) is 11.1. The van der Waals surface area contributed by atoms with Crippen molar-refractivity contribution in [2.45, 2.75) is 58.6 Å². The van der Waals surface area contributed by atoms with Crippen LogP contribution in [0.15, 0.2) is 0 Å². The van der Waals surface area contributed by atoms with E-state index in [2.05, 4.69) is 29.5 Å². The molecule has 2 fully saturated rings. The standard InChI is InChI=1S/C13H26B2/c1-3-13-5-4-10(8-14)11(13)12(2,9-15)6-7-13/h10-11H,3-9,14-15H2,1-2H3/t10?,11?,12?,13-/m1/s1. The summed E-state index contributed by atoms with van der Waals surface area (Å²) in [4.78, 5) is 0. The molecule has 0 nitrogen and oxygen atoms in total. The molecule has 2 aliphatic rings. The highest BCUT2D eigenvalue weighted by atomic mass is 14.6. The molecule has 2 aliphatic carbocycles. The highest BCUT2D eigenvalue weighted by Crippen LogP contribution is 2.67. The van der Waals surface area contributed by atoms with E-state index in [1.165, 1.54) is 44.7 Å². The molecule has 0 spiro atoms. The van der Waals surface area contributed by atoms with Crippen molar-refractivity contribution < 1.29 is 0 Å². The Hall–Kier alpha value is 0.130. The molecular formula is C13H26B2. The number of hydrogen-bond donors (Lipinski definition) is 0. The van der Waals surface area contributed by atoms with E-state index in [0.717, 1.165) is 17.3 Å². The van der Waals surface area contributed by atoms with E-state index < -0.39 is 0 Å². The van der Waals surface area contributed by atoms with Crippen LogP contribution in [0.5, 0.6) is 0 Å². The quantitative estimate of drug-likeness (QED) is 0.618. The van der Waals surface area contributed by atoms with Crippen molar-refractivity contribution in [3.05, 3.63) is 0 Å². The Morgan fingerprint density at radius 2 is 1.93 bits per heavy atom. The van der Waals surface area contributed by atoms with E-state index in [0.29, 0.717) is 5.41 Å². The highest BCUT2D eigenvalue weighted by molar-refractivity contribution is 6.09. The van der Waals surface area contributed by atoms with Crippen LogP contribution in [0.1, 0.15) is 46.0 Å². The van der Waals surface area contributed by atoms with Gasteiger partial charge in [0.1, 0.15) is 15.7 Å². The Balaban J connectivity index is 2.30. The molecule has 0 bridgehead atoms. The fourth-order valence-corrected chi connectivity index (χ4v) is 4.98. The molecule has 0 aromatic rings. The zero-order chi connectivity index (χ0) is 11.1. The van der Waals surface area contributed by atoms with Gasteiger partial charge >= 0.3 is 0 Å². The molecule has 0 aliphatic heterocycles. The fourth-order valence-electron chi connectivity index (χ4n) is 4.98. The summed E-state index contributed by atoms with van der Waals surface area (Å²) in [5, 5.41) is 0. The molecule has 0 amide bonds. The Morgan fingerprint density at radius 3 is 2.47 bits per heavy atom. The molecular weight excluding hydrogens is 178 g/mol. The first-order chi connectivity index (χ1) is 7.12. The minimum absolute atomic E-state index is 0.674. The third-order valence-corrected chi connectivity index (χ3v) is 6.13. The SMILES string of the molecule is BCC1CC[C@]2(CC)CCC(C)(CB)C12. The van der Waals surface area contributed by atoms with Crippen molar-refractivity contribution in [1.29, 1.82) is 0 Å². The van der Waals surface area contributed by atoms with Crippen LogP contribution in [0.3, 0.4) is 0 Å². The van der Waals surface area contributed by atoms with E-state index in [4.69, 9.17) is 0 Å². The average molecular weight is 204 g/mol. The van der Waals surface area contributed by atoms with Crippen LogP contribution in [0.25, 0.3) is 0 Å². The predicted molar refractivity (Wildman–Crippen MR) is 73.0 cm³/mol. The number of fused-ring (bicyclic) bond motifs is 1. The van der Waals surface area contributed by atoms with Gasteiger partial charge in [0.25, 0.3) is 0 Å². The molecule has 0 aromatic heterocycles. The third-order valence-electron chi connectivity index (χ3n) is 6.13. The lowest BCUT2D eigenvalue weighted by Gasteiger charge is -2.39. The minimum atomic E-state index is 0.674. The van der Waals surface area contributed by atoms with E-state index in [-0.39, 0.29) is 0 Å². The number of rotatable bonds is 3. The minimum Gasteiger partial charge on any atom is -0.0780 e. The first-order valence-electron chi connectivity index (χ1n) is 7.12. The summed E-state index contributed by atoms with van der Waals surface area (Å²) in [5.74, 6) is 2.09.